The standard InChI is InChI=1S/C26H26N6O2/c1-26-16-19-18-10-6-7-11-20(18)28-22(19)23(17-8-4-3-5-9-17)32(26)25(34)31(24(26)33)15-13-27-21-12-14-30(2)29-21/h3-12,14,23,28H,13,15-16H2,1-2H3,(H,27,29). The minimum atomic E-state index is -0.958. The van der Waals surface area contributed by atoms with Gasteiger partial charge in [-0.15, -0.1) is 0 Å². The van der Waals surface area contributed by atoms with Crippen molar-refractivity contribution in [3.63, 3.8) is 0 Å². The van der Waals surface area contributed by atoms with Crippen molar-refractivity contribution >= 4 is 28.7 Å². The fraction of sp³-hybridized carbons (Fsp3) is 0.269. The Morgan fingerprint density at radius 1 is 1.09 bits per heavy atom. The Morgan fingerprint density at radius 2 is 1.85 bits per heavy atom. The molecule has 2 aromatic carbocycles. The smallest absolute Gasteiger partial charge is 0.328 e. The number of nitrogens with one attached hydrogen (secondary N) is 2. The first kappa shape index (κ1) is 20.5. The van der Waals surface area contributed by atoms with E-state index in [0.29, 0.717) is 18.8 Å². The van der Waals surface area contributed by atoms with E-state index in [4.69, 9.17) is 0 Å². The average Bonchev–Trinajstić information content (AvgIpc) is 3.48. The van der Waals surface area contributed by atoms with E-state index in [9.17, 15) is 9.59 Å². The molecule has 2 aliphatic rings. The van der Waals surface area contributed by atoms with Crippen LogP contribution in [0.4, 0.5) is 10.6 Å². The van der Waals surface area contributed by atoms with Gasteiger partial charge in [-0.05, 0) is 24.1 Å². The number of carbonyl (C=O) groups excluding carboxylic acids is 2. The summed E-state index contributed by atoms with van der Waals surface area (Å²) in [5, 5.41) is 8.61. The second-order valence-corrected chi connectivity index (χ2v) is 9.24. The molecule has 34 heavy (non-hydrogen) atoms. The number of imide groups is 1. The number of hydrogen-bond acceptors (Lipinski definition) is 4. The normalized spacial score (nSPS) is 21.8. The lowest BCUT2D eigenvalue weighted by molar-refractivity contribution is -0.133. The fourth-order valence-corrected chi connectivity index (χ4v) is 5.45. The molecule has 6 rings (SSSR count). The summed E-state index contributed by atoms with van der Waals surface area (Å²) in [6, 6.07) is 19.3. The zero-order chi connectivity index (χ0) is 23.4. The second-order valence-electron chi connectivity index (χ2n) is 9.24. The van der Waals surface area contributed by atoms with Gasteiger partial charge in [-0.25, -0.2) is 4.79 Å². The molecule has 3 amide bonds. The van der Waals surface area contributed by atoms with Crippen LogP contribution in [0.1, 0.15) is 29.8 Å². The van der Waals surface area contributed by atoms with Crippen LogP contribution < -0.4 is 5.32 Å². The molecule has 2 atom stereocenters. The van der Waals surface area contributed by atoms with E-state index in [0.717, 1.165) is 27.7 Å². The maximum atomic E-state index is 13.8. The van der Waals surface area contributed by atoms with Gasteiger partial charge in [0.25, 0.3) is 5.91 Å². The number of rotatable bonds is 5. The predicted octanol–water partition coefficient (Wildman–Crippen LogP) is 3.68. The van der Waals surface area contributed by atoms with Crippen molar-refractivity contribution in [2.24, 2.45) is 7.05 Å². The van der Waals surface area contributed by atoms with Gasteiger partial charge in [0.15, 0.2) is 0 Å². The van der Waals surface area contributed by atoms with Crippen molar-refractivity contribution in [2.45, 2.75) is 24.9 Å². The molecule has 2 unspecified atom stereocenters. The van der Waals surface area contributed by atoms with Crippen LogP contribution in [0.5, 0.6) is 0 Å². The van der Waals surface area contributed by atoms with Crippen molar-refractivity contribution in [3.05, 3.63) is 83.7 Å². The maximum absolute atomic E-state index is 13.8. The number of para-hydroxylation sites is 1. The predicted molar refractivity (Wildman–Crippen MR) is 129 cm³/mol. The first-order valence-corrected chi connectivity index (χ1v) is 11.5. The number of anilines is 1. The lowest BCUT2D eigenvalue weighted by atomic mass is 9.81. The monoisotopic (exact) mass is 454 g/mol. The van der Waals surface area contributed by atoms with Crippen molar-refractivity contribution in [2.75, 3.05) is 18.4 Å². The molecule has 0 aliphatic carbocycles. The third kappa shape index (κ3) is 2.95. The van der Waals surface area contributed by atoms with Crippen LogP contribution in [0, 0.1) is 0 Å². The number of amides is 3. The maximum Gasteiger partial charge on any atom is 0.328 e. The van der Waals surface area contributed by atoms with Crippen LogP contribution >= 0.6 is 0 Å². The van der Waals surface area contributed by atoms with Gasteiger partial charge in [-0.1, -0.05) is 48.5 Å². The summed E-state index contributed by atoms with van der Waals surface area (Å²) in [6.07, 6.45) is 2.32. The number of nitrogens with zero attached hydrogens (tertiary/aromatic N) is 4. The molecule has 2 N–H and O–H groups in total. The van der Waals surface area contributed by atoms with Gasteiger partial charge >= 0.3 is 6.03 Å². The highest BCUT2D eigenvalue weighted by Gasteiger charge is 2.59. The number of benzene rings is 2. The summed E-state index contributed by atoms with van der Waals surface area (Å²) >= 11 is 0. The third-order valence-electron chi connectivity index (χ3n) is 7.04. The summed E-state index contributed by atoms with van der Waals surface area (Å²) in [6.45, 7) is 2.61. The first-order chi connectivity index (χ1) is 16.5. The topological polar surface area (TPSA) is 86.3 Å². The van der Waals surface area contributed by atoms with Gasteiger partial charge in [0.1, 0.15) is 17.4 Å². The van der Waals surface area contributed by atoms with Crippen LogP contribution in [0.25, 0.3) is 10.9 Å². The van der Waals surface area contributed by atoms with Gasteiger partial charge in [-0.3, -0.25) is 19.3 Å². The molecule has 172 valence electrons. The average molecular weight is 455 g/mol. The molecule has 4 heterocycles. The SMILES string of the molecule is Cn1ccc(NCCN2C(=O)N3C(c4ccccc4)c4[nH]c5ccccc5c4CC3(C)C2=O)n1. The molecule has 4 aromatic rings. The molecule has 2 aliphatic heterocycles. The van der Waals surface area contributed by atoms with Gasteiger partial charge in [0.2, 0.25) is 0 Å². The summed E-state index contributed by atoms with van der Waals surface area (Å²) in [7, 11) is 1.85. The second kappa shape index (κ2) is 7.48. The highest BCUT2D eigenvalue weighted by Crippen LogP contribution is 2.48. The molecule has 0 saturated carbocycles. The zero-order valence-corrected chi connectivity index (χ0v) is 19.2. The van der Waals surface area contributed by atoms with E-state index in [1.165, 1.54) is 4.90 Å². The number of fused-ring (bicyclic) bond motifs is 4. The van der Waals surface area contributed by atoms with Gasteiger partial charge in [0.05, 0.1) is 0 Å². The Morgan fingerprint density at radius 3 is 2.62 bits per heavy atom. The number of aromatic amines is 1. The largest absolute Gasteiger partial charge is 0.367 e. The number of urea groups is 1. The number of H-pyrrole nitrogens is 1. The van der Waals surface area contributed by atoms with Crippen molar-refractivity contribution in [1.29, 1.82) is 0 Å². The first-order valence-electron chi connectivity index (χ1n) is 11.5. The third-order valence-corrected chi connectivity index (χ3v) is 7.04. The summed E-state index contributed by atoms with van der Waals surface area (Å²) in [4.78, 5) is 34.3. The molecule has 0 spiro atoms. The number of aryl methyl sites for hydroxylation is 1. The van der Waals surface area contributed by atoms with Crippen LogP contribution in [0.2, 0.25) is 0 Å². The Kier molecular flexibility index (Phi) is 4.52. The van der Waals surface area contributed by atoms with E-state index in [2.05, 4.69) is 21.5 Å². The summed E-state index contributed by atoms with van der Waals surface area (Å²) < 4.78 is 1.71. The van der Waals surface area contributed by atoms with E-state index in [-0.39, 0.29) is 24.5 Å². The van der Waals surface area contributed by atoms with Gasteiger partial charge < -0.3 is 10.3 Å². The Balaban J connectivity index is 1.39. The molecule has 8 heteroatoms. The summed E-state index contributed by atoms with van der Waals surface area (Å²) in [5.41, 5.74) is 3.14. The highest BCUT2D eigenvalue weighted by atomic mass is 16.2. The van der Waals surface area contributed by atoms with Crippen molar-refractivity contribution < 1.29 is 9.59 Å². The zero-order valence-electron chi connectivity index (χ0n) is 19.2. The number of hydrogen-bond donors (Lipinski definition) is 2. The van der Waals surface area contributed by atoms with E-state index < -0.39 is 5.54 Å². The molecule has 1 saturated heterocycles. The molecule has 8 nitrogen and oxygen atoms in total. The van der Waals surface area contributed by atoms with E-state index in [1.54, 1.807) is 9.58 Å². The Bertz CT molecular complexity index is 1410. The van der Waals surface area contributed by atoms with Crippen LogP contribution in [0.15, 0.2) is 66.9 Å². The van der Waals surface area contributed by atoms with Crippen molar-refractivity contribution in [3.8, 4) is 0 Å². The van der Waals surface area contributed by atoms with Crippen LogP contribution in [0.3, 0.4) is 0 Å². The molecular formula is C26H26N6O2. The molecule has 0 bridgehead atoms. The van der Waals surface area contributed by atoms with E-state index in [1.807, 2.05) is 74.8 Å². The minimum Gasteiger partial charge on any atom is -0.367 e. The van der Waals surface area contributed by atoms with Gasteiger partial charge in [0, 0.05) is 55.4 Å². The van der Waals surface area contributed by atoms with Gasteiger partial charge in [-0.2, -0.15) is 5.10 Å². The molecular weight excluding hydrogens is 428 g/mol. The lowest BCUT2D eigenvalue weighted by Crippen LogP contribution is -2.53. The summed E-state index contributed by atoms with van der Waals surface area (Å²) in [5.74, 6) is 0.561. The molecule has 0 radical (unpaired) electrons. The Hall–Kier alpha value is -4.07. The van der Waals surface area contributed by atoms with E-state index >= 15 is 0 Å². The Labute approximate surface area is 197 Å². The van der Waals surface area contributed by atoms with Crippen LogP contribution in [-0.4, -0.2) is 55.1 Å². The quantitative estimate of drug-likeness (QED) is 0.451. The lowest BCUT2D eigenvalue weighted by Gasteiger charge is -2.42. The fourth-order valence-electron chi connectivity index (χ4n) is 5.45. The number of aromatic nitrogens is 3. The highest BCUT2D eigenvalue weighted by molar-refractivity contribution is 6.08. The van der Waals surface area contributed by atoms with Crippen molar-refractivity contribution in [1.82, 2.24) is 24.6 Å². The molecule has 2 aromatic heterocycles. The van der Waals surface area contributed by atoms with Crippen LogP contribution in [-0.2, 0) is 18.3 Å². The minimum absolute atomic E-state index is 0.155. The molecule has 1 fully saturated rings. The number of carbonyl (C=O) groups is 2.